The number of hydrogen-bond acceptors (Lipinski definition) is 4. The second kappa shape index (κ2) is 14.3. The highest BCUT2D eigenvalue weighted by Crippen LogP contribution is 2.48. The third kappa shape index (κ3) is 5.90. The van der Waals surface area contributed by atoms with Crippen molar-refractivity contribution in [2.75, 3.05) is 10.2 Å². The van der Waals surface area contributed by atoms with E-state index in [2.05, 4.69) is 216 Å². The summed E-state index contributed by atoms with van der Waals surface area (Å²) in [7, 11) is 0. The monoisotopic (exact) mass is 760 g/mol. The zero-order valence-corrected chi connectivity index (χ0v) is 32.3. The molecule has 0 aliphatic rings. The number of nitrogens with one attached hydrogen (secondary N) is 1. The van der Waals surface area contributed by atoms with Gasteiger partial charge in [-0.1, -0.05) is 152 Å². The summed E-state index contributed by atoms with van der Waals surface area (Å²) in [5, 5.41) is 8.50. The smallest absolute Gasteiger partial charge is 0.159 e. The lowest BCUT2D eigenvalue weighted by Gasteiger charge is -2.26. The van der Waals surface area contributed by atoms with Crippen molar-refractivity contribution in [3.63, 3.8) is 0 Å². The predicted octanol–water partition coefficient (Wildman–Crippen LogP) is 16.2. The van der Waals surface area contributed by atoms with E-state index in [9.17, 15) is 0 Å². The van der Waals surface area contributed by atoms with Gasteiger partial charge in [0, 0.05) is 59.1 Å². The van der Waals surface area contributed by atoms with Crippen molar-refractivity contribution in [2.24, 2.45) is 0 Å². The number of benzene rings is 9. The van der Waals surface area contributed by atoms with Gasteiger partial charge in [-0.05, 0) is 82.9 Å². The molecule has 0 aliphatic heterocycles. The van der Waals surface area contributed by atoms with Gasteiger partial charge in [0.25, 0.3) is 0 Å². The molecule has 11 rings (SSSR count). The van der Waals surface area contributed by atoms with Crippen LogP contribution < -0.4 is 10.2 Å². The van der Waals surface area contributed by atoms with E-state index in [1.54, 1.807) is 0 Å². The topological polar surface area (TPSA) is 28.4 Å². The van der Waals surface area contributed by atoms with Crippen LogP contribution in [0.5, 0.6) is 0 Å². The number of nitrogens with zero attached hydrogens (tertiary/aromatic N) is 1. The van der Waals surface area contributed by atoms with Gasteiger partial charge >= 0.3 is 0 Å². The average Bonchev–Trinajstić information content (AvgIpc) is 3.87. The van der Waals surface area contributed by atoms with Crippen LogP contribution in [0.4, 0.5) is 28.4 Å². The zero-order valence-electron chi connectivity index (χ0n) is 31.5. The minimum absolute atomic E-state index is 0.871. The van der Waals surface area contributed by atoms with E-state index in [0.717, 1.165) is 72.6 Å². The number of rotatable bonds is 8. The molecule has 2 heterocycles. The number of para-hydroxylation sites is 4. The van der Waals surface area contributed by atoms with Gasteiger partial charge in [0.1, 0.15) is 5.58 Å². The highest BCUT2D eigenvalue weighted by molar-refractivity contribution is 7.26. The van der Waals surface area contributed by atoms with Crippen molar-refractivity contribution < 1.29 is 4.42 Å². The van der Waals surface area contributed by atoms with Crippen LogP contribution in [0.3, 0.4) is 0 Å². The lowest BCUT2D eigenvalue weighted by atomic mass is 9.97. The fourth-order valence-corrected chi connectivity index (χ4v) is 9.51. The fourth-order valence-electron chi connectivity index (χ4n) is 8.38. The maximum atomic E-state index is 6.67. The Labute approximate surface area is 340 Å². The van der Waals surface area contributed by atoms with Crippen LogP contribution >= 0.6 is 11.3 Å². The zero-order chi connectivity index (χ0) is 38.4. The maximum absolute atomic E-state index is 6.67. The second-order valence-corrected chi connectivity index (χ2v) is 15.6. The first-order valence-corrected chi connectivity index (χ1v) is 20.4. The van der Waals surface area contributed by atoms with Crippen LogP contribution in [0.1, 0.15) is 0 Å². The molecule has 0 saturated heterocycles. The van der Waals surface area contributed by atoms with Crippen LogP contribution in [-0.4, -0.2) is 0 Å². The Morgan fingerprint density at radius 2 is 0.983 bits per heavy atom. The van der Waals surface area contributed by atoms with Crippen molar-refractivity contribution in [3.8, 4) is 33.4 Å². The molecular formula is C54H36N2OS. The van der Waals surface area contributed by atoms with E-state index in [1.165, 1.54) is 31.3 Å². The molecule has 0 bridgehead atoms. The molecule has 0 fully saturated rings. The lowest BCUT2D eigenvalue weighted by Crippen LogP contribution is -2.10. The van der Waals surface area contributed by atoms with Crippen LogP contribution in [0.25, 0.3) is 75.5 Å². The third-order valence-corrected chi connectivity index (χ3v) is 12.2. The van der Waals surface area contributed by atoms with Gasteiger partial charge in [-0.3, -0.25) is 0 Å². The van der Waals surface area contributed by atoms with Gasteiger partial charge in [-0.25, -0.2) is 0 Å². The Kier molecular flexibility index (Phi) is 8.34. The SMILES string of the molecule is c1ccc(-c2ccccc2Nc2ccccc2-c2cccc(-c3ccc(N(c4cccc5c4oc4ccccc45)c4cccc5sc6ccccc6c45)cc3)c2)cc1. The fraction of sp³-hybridized carbons (Fsp3) is 0. The highest BCUT2D eigenvalue weighted by atomic mass is 32.1. The quantitative estimate of drug-likeness (QED) is 0.167. The van der Waals surface area contributed by atoms with Crippen LogP contribution in [0, 0.1) is 0 Å². The highest BCUT2D eigenvalue weighted by Gasteiger charge is 2.22. The minimum Gasteiger partial charge on any atom is -0.454 e. The first-order valence-electron chi connectivity index (χ1n) is 19.6. The molecule has 9 aromatic carbocycles. The van der Waals surface area contributed by atoms with Crippen molar-refractivity contribution in [1.29, 1.82) is 0 Å². The molecule has 2 aromatic heterocycles. The van der Waals surface area contributed by atoms with E-state index < -0.39 is 0 Å². The summed E-state index contributed by atoms with van der Waals surface area (Å²) in [5.41, 5.74) is 14.0. The van der Waals surface area contributed by atoms with Gasteiger partial charge in [0.05, 0.1) is 11.4 Å². The third-order valence-electron chi connectivity index (χ3n) is 11.1. The van der Waals surface area contributed by atoms with Gasteiger partial charge in [-0.2, -0.15) is 0 Å². The van der Waals surface area contributed by atoms with Crippen LogP contribution in [0.2, 0.25) is 0 Å². The molecule has 0 radical (unpaired) electrons. The summed E-state index contributed by atoms with van der Waals surface area (Å²) in [6.45, 7) is 0. The summed E-state index contributed by atoms with van der Waals surface area (Å²) < 4.78 is 9.20. The molecule has 0 amide bonds. The molecule has 3 nitrogen and oxygen atoms in total. The summed E-state index contributed by atoms with van der Waals surface area (Å²) in [6.07, 6.45) is 0. The van der Waals surface area contributed by atoms with Gasteiger partial charge in [0.15, 0.2) is 5.58 Å². The van der Waals surface area contributed by atoms with Crippen molar-refractivity contribution >= 4 is 81.9 Å². The summed E-state index contributed by atoms with van der Waals surface area (Å²) in [6, 6.07) is 75.6. The van der Waals surface area contributed by atoms with Crippen molar-refractivity contribution in [1.82, 2.24) is 0 Å². The first kappa shape index (κ1) is 33.9. The molecule has 0 saturated carbocycles. The largest absolute Gasteiger partial charge is 0.454 e. The van der Waals surface area contributed by atoms with E-state index in [4.69, 9.17) is 4.42 Å². The average molecular weight is 761 g/mol. The van der Waals surface area contributed by atoms with Crippen LogP contribution in [0.15, 0.2) is 217 Å². The number of thiophene rings is 1. The number of fused-ring (bicyclic) bond motifs is 6. The molecule has 11 aromatic rings. The summed E-state index contributed by atoms with van der Waals surface area (Å²) >= 11 is 1.84. The standard InChI is InChI=1S/C54H36N2OS/c1-2-15-37(16-3-1)41-19-4-8-24-46(41)55-47-25-9-5-20-42(47)39-18-12-17-38(35-39)36-31-33-40(34-32-36)56(48-26-14-30-52-53(48)45-22-7-11-29-51(45)58-52)49-27-13-23-44-43-21-6-10-28-50(43)57-54(44)49/h1-35,55H. The van der Waals surface area contributed by atoms with Gasteiger partial charge in [-0.15, -0.1) is 11.3 Å². The van der Waals surface area contributed by atoms with Crippen molar-refractivity contribution in [3.05, 3.63) is 212 Å². The Morgan fingerprint density at radius 3 is 1.81 bits per heavy atom. The van der Waals surface area contributed by atoms with E-state index in [0.29, 0.717) is 0 Å². The molecule has 0 spiro atoms. The molecule has 274 valence electrons. The Balaban J connectivity index is 1.00. The molecule has 1 N–H and O–H groups in total. The predicted molar refractivity (Wildman–Crippen MR) is 247 cm³/mol. The molecule has 0 atom stereocenters. The first-order chi connectivity index (χ1) is 28.8. The number of furan rings is 1. The Hall–Kier alpha value is -7.40. The molecule has 0 aliphatic carbocycles. The van der Waals surface area contributed by atoms with E-state index >= 15 is 0 Å². The summed E-state index contributed by atoms with van der Waals surface area (Å²) in [4.78, 5) is 2.38. The molecule has 58 heavy (non-hydrogen) atoms. The van der Waals surface area contributed by atoms with E-state index in [1.807, 2.05) is 17.4 Å². The second-order valence-electron chi connectivity index (χ2n) is 14.5. The van der Waals surface area contributed by atoms with Crippen LogP contribution in [-0.2, 0) is 0 Å². The number of anilines is 5. The van der Waals surface area contributed by atoms with Gasteiger partial charge < -0.3 is 14.6 Å². The van der Waals surface area contributed by atoms with E-state index in [-0.39, 0.29) is 0 Å². The van der Waals surface area contributed by atoms with Gasteiger partial charge in [0.2, 0.25) is 0 Å². The minimum atomic E-state index is 0.871. The Bertz CT molecular complexity index is 3270. The van der Waals surface area contributed by atoms with Crippen molar-refractivity contribution in [2.45, 2.75) is 0 Å². The lowest BCUT2D eigenvalue weighted by molar-refractivity contribution is 0.669. The normalized spacial score (nSPS) is 11.4. The maximum Gasteiger partial charge on any atom is 0.159 e. The molecule has 4 heteroatoms. The summed E-state index contributed by atoms with van der Waals surface area (Å²) in [5.74, 6) is 0. The Morgan fingerprint density at radius 1 is 0.397 bits per heavy atom. The molecule has 0 unspecified atom stereocenters. The number of hydrogen-bond donors (Lipinski definition) is 1. The molecular weight excluding hydrogens is 725 g/mol.